The van der Waals surface area contributed by atoms with E-state index in [-0.39, 0.29) is 28.8 Å². The molecule has 2 aromatic carbocycles. The number of hydrogen-bond donors (Lipinski definition) is 1. The van der Waals surface area contributed by atoms with Crippen LogP contribution >= 0.6 is 0 Å². The van der Waals surface area contributed by atoms with Gasteiger partial charge in [-0.15, -0.1) is 0 Å². The highest BCUT2D eigenvalue weighted by atomic mass is 19.1. The number of para-hydroxylation sites is 2. The average molecular weight is 382 g/mol. The molecule has 0 unspecified atom stereocenters. The minimum absolute atomic E-state index is 0.00346. The van der Waals surface area contributed by atoms with Crippen molar-refractivity contribution in [3.05, 3.63) is 78.6 Å². The van der Waals surface area contributed by atoms with Crippen molar-refractivity contribution in [2.75, 3.05) is 7.11 Å². The quantitative estimate of drug-likeness (QED) is 0.482. The van der Waals surface area contributed by atoms with Crippen molar-refractivity contribution in [2.24, 2.45) is 0 Å². The Morgan fingerprint density at radius 1 is 1.00 bits per heavy atom. The fourth-order valence-corrected chi connectivity index (χ4v) is 2.31. The Morgan fingerprint density at radius 2 is 1.61 bits per heavy atom. The third kappa shape index (κ3) is 4.42. The van der Waals surface area contributed by atoms with E-state index in [1.807, 2.05) is 0 Å². The van der Waals surface area contributed by atoms with Crippen LogP contribution in [0.1, 0.15) is 5.56 Å². The van der Waals surface area contributed by atoms with Crippen LogP contribution in [0.15, 0.2) is 67.2 Å². The zero-order valence-electron chi connectivity index (χ0n) is 14.7. The highest BCUT2D eigenvalue weighted by molar-refractivity contribution is 6.15. The molecule has 0 aliphatic rings. The van der Waals surface area contributed by atoms with Gasteiger partial charge in [0.1, 0.15) is 17.6 Å². The lowest BCUT2D eigenvalue weighted by Crippen LogP contribution is -2.02. The molecule has 142 valence electrons. The minimum Gasteiger partial charge on any atom is -0.503 e. The van der Waals surface area contributed by atoms with Crippen molar-refractivity contribution in [1.29, 1.82) is 0 Å². The first-order chi connectivity index (χ1) is 13.6. The summed E-state index contributed by atoms with van der Waals surface area (Å²) in [6.07, 6.45) is 2.30. The Hall–Kier alpha value is -3.94. The summed E-state index contributed by atoms with van der Waals surface area (Å²) in [5.41, 5.74) is 0.210. The summed E-state index contributed by atoms with van der Waals surface area (Å²) in [5.74, 6) is -1.31. The summed E-state index contributed by atoms with van der Waals surface area (Å²) in [6, 6.07) is 13.8. The normalized spacial score (nSPS) is 11.0. The zero-order valence-corrected chi connectivity index (χ0v) is 14.7. The maximum atomic E-state index is 13.7. The van der Waals surface area contributed by atoms with Crippen molar-refractivity contribution < 1.29 is 28.5 Å². The number of benzene rings is 2. The van der Waals surface area contributed by atoms with Crippen LogP contribution in [0.2, 0.25) is 0 Å². The molecule has 0 saturated heterocycles. The lowest BCUT2D eigenvalue weighted by atomic mass is 10.1. The molecule has 0 aliphatic carbocycles. The third-order valence-electron chi connectivity index (χ3n) is 3.53. The number of aliphatic carboxylic acids is 1. The van der Waals surface area contributed by atoms with E-state index in [4.69, 9.17) is 14.2 Å². The van der Waals surface area contributed by atoms with E-state index in [1.54, 1.807) is 36.4 Å². The monoisotopic (exact) mass is 382 g/mol. The average Bonchev–Trinajstić information content (AvgIpc) is 2.69. The molecule has 0 atom stereocenters. The van der Waals surface area contributed by atoms with E-state index in [2.05, 4.69) is 9.97 Å². The molecule has 3 aromatic rings. The number of carbonyl (C=O) groups is 1. The van der Waals surface area contributed by atoms with E-state index in [1.165, 1.54) is 31.6 Å². The molecule has 1 heterocycles. The van der Waals surface area contributed by atoms with Crippen LogP contribution in [0, 0.1) is 5.82 Å². The first-order valence-corrected chi connectivity index (χ1v) is 8.06. The SMILES string of the molecule is COC=C(C(=O)O)c1ccccc1Oc1cc(Oc2ccccc2F)ncn1. The molecule has 0 amide bonds. The van der Waals surface area contributed by atoms with Gasteiger partial charge in [0.25, 0.3) is 0 Å². The van der Waals surface area contributed by atoms with Crippen LogP contribution in [0.25, 0.3) is 5.57 Å². The highest BCUT2D eigenvalue weighted by Crippen LogP contribution is 2.31. The fourth-order valence-electron chi connectivity index (χ4n) is 2.31. The third-order valence-corrected chi connectivity index (χ3v) is 3.53. The van der Waals surface area contributed by atoms with E-state index in [0.29, 0.717) is 5.56 Å². The predicted octanol–water partition coefficient (Wildman–Crippen LogP) is 4.27. The maximum absolute atomic E-state index is 13.7. The van der Waals surface area contributed by atoms with Gasteiger partial charge in [0.2, 0.25) is 11.8 Å². The van der Waals surface area contributed by atoms with E-state index >= 15 is 0 Å². The lowest BCUT2D eigenvalue weighted by molar-refractivity contribution is -0.130. The molecular formula is C20H15FN2O5. The molecule has 3 rings (SSSR count). The molecule has 0 saturated carbocycles. The van der Waals surface area contributed by atoms with Crippen LogP contribution in [0.3, 0.4) is 0 Å². The van der Waals surface area contributed by atoms with Crippen LogP contribution in [-0.4, -0.2) is 28.2 Å². The number of ether oxygens (including phenoxy) is 3. The molecule has 0 aliphatic heterocycles. The molecule has 7 nitrogen and oxygen atoms in total. The smallest absolute Gasteiger partial charge is 0.339 e. The van der Waals surface area contributed by atoms with Gasteiger partial charge in [-0.05, 0) is 18.2 Å². The van der Waals surface area contributed by atoms with Crippen molar-refractivity contribution in [2.45, 2.75) is 0 Å². The first kappa shape index (κ1) is 18.8. The minimum atomic E-state index is -1.18. The summed E-state index contributed by atoms with van der Waals surface area (Å²) < 4.78 is 29.7. The van der Waals surface area contributed by atoms with E-state index < -0.39 is 11.8 Å². The summed E-state index contributed by atoms with van der Waals surface area (Å²) in [6.45, 7) is 0. The van der Waals surface area contributed by atoms with Gasteiger partial charge in [-0.3, -0.25) is 0 Å². The summed E-state index contributed by atoms with van der Waals surface area (Å²) in [4.78, 5) is 19.4. The Balaban J connectivity index is 1.88. The van der Waals surface area contributed by atoms with Gasteiger partial charge in [0.05, 0.1) is 19.4 Å². The predicted molar refractivity (Wildman–Crippen MR) is 97.6 cm³/mol. The first-order valence-electron chi connectivity index (χ1n) is 8.06. The molecule has 0 fully saturated rings. The number of methoxy groups -OCH3 is 1. The van der Waals surface area contributed by atoms with Gasteiger partial charge < -0.3 is 19.3 Å². The molecule has 28 heavy (non-hydrogen) atoms. The highest BCUT2D eigenvalue weighted by Gasteiger charge is 2.17. The van der Waals surface area contributed by atoms with Crippen molar-refractivity contribution >= 4 is 11.5 Å². The van der Waals surface area contributed by atoms with E-state index in [0.717, 1.165) is 6.26 Å². The molecule has 0 spiro atoms. The van der Waals surface area contributed by atoms with Gasteiger partial charge >= 0.3 is 5.97 Å². The Morgan fingerprint density at radius 3 is 2.25 bits per heavy atom. The largest absolute Gasteiger partial charge is 0.503 e. The molecular weight excluding hydrogens is 367 g/mol. The van der Waals surface area contributed by atoms with E-state index in [9.17, 15) is 14.3 Å². The van der Waals surface area contributed by atoms with Crippen LogP contribution < -0.4 is 9.47 Å². The molecule has 0 bridgehead atoms. The topological polar surface area (TPSA) is 90.8 Å². The Bertz CT molecular complexity index is 1020. The number of aromatic nitrogens is 2. The molecule has 0 radical (unpaired) electrons. The van der Waals surface area contributed by atoms with Gasteiger partial charge in [-0.2, -0.15) is 0 Å². The van der Waals surface area contributed by atoms with Gasteiger partial charge in [-0.1, -0.05) is 30.3 Å². The van der Waals surface area contributed by atoms with Crippen LogP contribution in [0.4, 0.5) is 4.39 Å². The van der Waals surface area contributed by atoms with Crippen molar-refractivity contribution in [3.8, 4) is 23.3 Å². The second kappa shape index (κ2) is 8.63. The second-order valence-electron chi connectivity index (χ2n) is 5.40. The standard InChI is InChI=1S/C20H15FN2O5/c1-26-11-14(20(24)25)13-6-2-4-8-16(13)27-18-10-19(23-12-22-18)28-17-9-5-3-7-15(17)21/h2-12H,1H3,(H,24,25). The number of carboxylic acids is 1. The summed E-state index contributed by atoms with van der Waals surface area (Å²) in [5, 5.41) is 9.40. The fraction of sp³-hybridized carbons (Fsp3) is 0.0500. The maximum Gasteiger partial charge on any atom is 0.339 e. The van der Waals surface area contributed by atoms with Crippen LogP contribution in [0.5, 0.6) is 23.3 Å². The number of nitrogens with zero attached hydrogens (tertiary/aromatic N) is 2. The molecule has 1 N–H and O–H groups in total. The van der Waals surface area contributed by atoms with Crippen molar-refractivity contribution in [1.82, 2.24) is 9.97 Å². The van der Waals surface area contributed by atoms with Gasteiger partial charge in [-0.25, -0.2) is 19.2 Å². The number of halogens is 1. The summed E-state index contributed by atoms with van der Waals surface area (Å²) >= 11 is 0. The van der Waals surface area contributed by atoms with Crippen LogP contribution in [-0.2, 0) is 9.53 Å². The number of rotatable bonds is 7. The number of carboxylic acid groups (broad SMARTS) is 1. The molecule has 8 heteroatoms. The Kier molecular flexibility index (Phi) is 5.81. The second-order valence-corrected chi connectivity index (χ2v) is 5.40. The van der Waals surface area contributed by atoms with Crippen molar-refractivity contribution in [3.63, 3.8) is 0 Å². The van der Waals surface area contributed by atoms with Gasteiger partial charge in [0, 0.05) is 5.56 Å². The van der Waals surface area contributed by atoms with Gasteiger partial charge in [0.15, 0.2) is 11.6 Å². The Labute approximate surface area is 159 Å². The number of hydrogen-bond acceptors (Lipinski definition) is 6. The lowest BCUT2D eigenvalue weighted by Gasteiger charge is -2.11. The molecule has 1 aromatic heterocycles. The zero-order chi connectivity index (χ0) is 19.9. The summed E-state index contributed by atoms with van der Waals surface area (Å²) in [7, 11) is 1.35.